The molecule has 1 fully saturated rings. The van der Waals surface area contributed by atoms with Gasteiger partial charge in [0.2, 0.25) is 11.9 Å². The van der Waals surface area contributed by atoms with Crippen LogP contribution < -0.4 is 15.4 Å². The van der Waals surface area contributed by atoms with Gasteiger partial charge in [0.15, 0.2) is 0 Å². The molecule has 9 nitrogen and oxygen atoms in total. The van der Waals surface area contributed by atoms with Gasteiger partial charge in [-0.3, -0.25) is 9.59 Å². The van der Waals surface area contributed by atoms with Crippen molar-refractivity contribution in [3.63, 3.8) is 0 Å². The number of nitrogens with one attached hydrogen (secondary N) is 2. The molecule has 0 unspecified atom stereocenters. The highest BCUT2D eigenvalue weighted by Crippen LogP contribution is 2.27. The molecule has 1 saturated heterocycles. The van der Waals surface area contributed by atoms with E-state index in [0.29, 0.717) is 54.2 Å². The summed E-state index contributed by atoms with van der Waals surface area (Å²) in [5, 5.41) is 6.42. The molecule has 0 saturated carbocycles. The maximum Gasteiger partial charge on any atom is 0.254 e. The lowest BCUT2D eigenvalue weighted by Crippen LogP contribution is -2.32. The van der Waals surface area contributed by atoms with Crippen molar-refractivity contribution in [2.45, 2.75) is 12.5 Å². The highest BCUT2D eigenvalue weighted by atomic mass is 35.5. The van der Waals surface area contributed by atoms with Gasteiger partial charge in [0.1, 0.15) is 12.4 Å². The number of ether oxygens (including phenoxy) is 1. The number of hydrogen-bond acceptors (Lipinski definition) is 7. The Bertz CT molecular complexity index is 967. The molecule has 0 radical (unpaired) electrons. The lowest BCUT2D eigenvalue weighted by Gasteiger charge is -2.19. The average molecular weight is 459 g/mol. The summed E-state index contributed by atoms with van der Waals surface area (Å²) in [7, 11) is 3.88. The van der Waals surface area contributed by atoms with E-state index < -0.39 is 0 Å². The Morgan fingerprint density at radius 1 is 1.34 bits per heavy atom. The minimum absolute atomic E-state index is 0.0436. The van der Waals surface area contributed by atoms with Gasteiger partial charge in [-0.2, -0.15) is 0 Å². The van der Waals surface area contributed by atoms with Crippen molar-refractivity contribution >= 4 is 35.1 Å². The van der Waals surface area contributed by atoms with Crippen molar-refractivity contribution in [1.82, 2.24) is 19.8 Å². The number of nitrogens with zero attached hydrogens (tertiary/aromatic N) is 4. The number of benzene rings is 1. The molecule has 32 heavy (non-hydrogen) atoms. The Morgan fingerprint density at radius 2 is 2.09 bits per heavy atom. The second-order valence-electron chi connectivity index (χ2n) is 7.66. The fourth-order valence-corrected chi connectivity index (χ4v) is 3.31. The van der Waals surface area contributed by atoms with Crippen molar-refractivity contribution < 1.29 is 14.3 Å². The van der Waals surface area contributed by atoms with Gasteiger partial charge in [-0.15, -0.1) is 0 Å². The van der Waals surface area contributed by atoms with Gasteiger partial charge in [-0.05, 0) is 44.8 Å². The Balaban J connectivity index is 1.68. The molecule has 170 valence electrons. The predicted molar refractivity (Wildman–Crippen MR) is 124 cm³/mol. The normalized spacial score (nSPS) is 15.5. The zero-order chi connectivity index (χ0) is 23.1. The number of likely N-dealkylation sites (N-methyl/N-ethyl adjacent to an activating group) is 1. The van der Waals surface area contributed by atoms with Crippen molar-refractivity contribution in [2.75, 3.05) is 51.0 Å². The monoisotopic (exact) mass is 458 g/mol. The fourth-order valence-electron chi connectivity index (χ4n) is 3.21. The zero-order valence-corrected chi connectivity index (χ0v) is 18.9. The summed E-state index contributed by atoms with van der Waals surface area (Å²) in [5.74, 6) is 0.466. The zero-order valence-electron chi connectivity index (χ0n) is 18.2. The van der Waals surface area contributed by atoms with E-state index in [4.69, 9.17) is 16.3 Å². The average Bonchev–Trinajstić information content (AvgIpc) is 3.24. The first-order chi connectivity index (χ1) is 15.4. The summed E-state index contributed by atoms with van der Waals surface area (Å²) in [5.41, 5.74) is 0.982. The van der Waals surface area contributed by atoms with E-state index >= 15 is 0 Å². The molecule has 1 aliphatic rings. The van der Waals surface area contributed by atoms with Gasteiger partial charge in [-0.1, -0.05) is 18.2 Å². The number of rotatable bonds is 9. The molecule has 2 aromatic rings. The number of carbonyl (C=O) groups excluding carboxylic acids is 2. The van der Waals surface area contributed by atoms with Crippen molar-refractivity contribution in [1.29, 1.82) is 0 Å². The molecule has 1 atom stereocenters. The van der Waals surface area contributed by atoms with Crippen molar-refractivity contribution in [2.24, 2.45) is 0 Å². The minimum Gasteiger partial charge on any atom is -0.490 e. The van der Waals surface area contributed by atoms with Crippen LogP contribution in [0.1, 0.15) is 16.8 Å². The number of aromatic nitrogens is 2. The van der Waals surface area contributed by atoms with E-state index in [1.807, 2.05) is 19.0 Å². The maximum absolute atomic E-state index is 13.1. The van der Waals surface area contributed by atoms with E-state index in [2.05, 4.69) is 27.2 Å². The SMILES string of the molecule is C=CC(=O)Nc1ccc(C(=O)N2CC[C@@H](Nc3ncc(Cl)cn3)C2)cc1OCCN(C)C. The fraction of sp³-hybridized carbons (Fsp3) is 0.364. The lowest BCUT2D eigenvalue weighted by molar-refractivity contribution is -0.111. The van der Waals surface area contributed by atoms with Gasteiger partial charge in [0, 0.05) is 31.2 Å². The standard InChI is InChI=1S/C22H27ClN6O3/c1-4-20(30)27-18-6-5-15(11-19(18)32-10-9-28(2)3)21(31)29-8-7-17(14-29)26-22-24-12-16(23)13-25-22/h4-6,11-13,17H,1,7-10,14H2,2-3H3,(H,27,30)(H,24,25,26)/t17-/m1/s1. The Hall–Kier alpha value is -3.17. The topological polar surface area (TPSA) is 99.7 Å². The van der Waals surface area contributed by atoms with E-state index in [1.54, 1.807) is 23.1 Å². The van der Waals surface area contributed by atoms with Crippen LogP contribution in [0.4, 0.5) is 11.6 Å². The quantitative estimate of drug-likeness (QED) is 0.557. The second kappa shape index (κ2) is 10.9. The molecule has 0 aliphatic carbocycles. The summed E-state index contributed by atoms with van der Waals surface area (Å²) >= 11 is 5.82. The Morgan fingerprint density at radius 3 is 2.78 bits per heavy atom. The molecule has 2 N–H and O–H groups in total. The van der Waals surface area contributed by atoms with Crippen LogP contribution in [0, 0.1) is 0 Å². The molecular weight excluding hydrogens is 432 g/mol. The molecule has 1 aliphatic heterocycles. The smallest absolute Gasteiger partial charge is 0.254 e. The highest BCUT2D eigenvalue weighted by Gasteiger charge is 2.28. The highest BCUT2D eigenvalue weighted by molar-refractivity contribution is 6.30. The van der Waals surface area contributed by atoms with Gasteiger partial charge in [-0.25, -0.2) is 9.97 Å². The molecule has 2 amide bonds. The summed E-state index contributed by atoms with van der Waals surface area (Å²) in [6.07, 6.45) is 5.01. The molecule has 2 heterocycles. The van der Waals surface area contributed by atoms with Crippen LogP contribution in [0.2, 0.25) is 5.02 Å². The van der Waals surface area contributed by atoms with Crippen LogP contribution >= 0.6 is 11.6 Å². The Kier molecular flexibility index (Phi) is 8.02. The van der Waals surface area contributed by atoms with E-state index in [1.165, 1.54) is 18.5 Å². The first kappa shape index (κ1) is 23.5. The minimum atomic E-state index is -0.348. The third-order valence-electron chi connectivity index (χ3n) is 4.90. The number of hydrogen-bond donors (Lipinski definition) is 2. The maximum atomic E-state index is 13.1. The predicted octanol–water partition coefficient (Wildman–Crippen LogP) is 2.52. The van der Waals surface area contributed by atoms with Crippen LogP contribution in [0.15, 0.2) is 43.2 Å². The Labute approximate surface area is 192 Å². The summed E-state index contributed by atoms with van der Waals surface area (Å²) in [6, 6.07) is 5.07. The molecular formula is C22H27ClN6O3. The third-order valence-corrected chi connectivity index (χ3v) is 5.09. The third kappa shape index (κ3) is 6.41. The van der Waals surface area contributed by atoms with Gasteiger partial charge >= 0.3 is 0 Å². The first-order valence-corrected chi connectivity index (χ1v) is 10.6. The molecule has 1 aromatic carbocycles. The molecule has 0 bridgehead atoms. The van der Waals surface area contributed by atoms with Gasteiger partial charge < -0.3 is 25.2 Å². The summed E-state index contributed by atoms with van der Waals surface area (Å²) < 4.78 is 5.86. The van der Waals surface area contributed by atoms with E-state index in [-0.39, 0.29) is 17.9 Å². The van der Waals surface area contributed by atoms with Crippen LogP contribution in [0.25, 0.3) is 0 Å². The molecule has 3 rings (SSSR count). The second-order valence-corrected chi connectivity index (χ2v) is 8.10. The van der Waals surface area contributed by atoms with E-state index in [0.717, 1.165) is 6.42 Å². The lowest BCUT2D eigenvalue weighted by atomic mass is 10.1. The number of amides is 2. The largest absolute Gasteiger partial charge is 0.490 e. The number of anilines is 2. The molecule has 10 heteroatoms. The molecule has 0 spiro atoms. The first-order valence-electron chi connectivity index (χ1n) is 10.2. The van der Waals surface area contributed by atoms with Crippen molar-refractivity contribution in [3.8, 4) is 5.75 Å². The number of carbonyl (C=O) groups is 2. The van der Waals surface area contributed by atoms with Crippen LogP contribution in [0.3, 0.4) is 0 Å². The van der Waals surface area contributed by atoms with Gasteiger partial charge in [0.25, 0.3) is 5.91 Å². The van der Waals surface area contributed by atoms with Crippen LogP contribution in [0.5, 0.6) is 5.75 Å². The van der Waals surface area contributed by atoms with Crippen molar-refractivity contribution in [3.05, 3.63) is 53.8 Å². The number of halogens is 1. The summed E-state index contributed by atoms with van der Waals surface area (Å²) in [4.78, 5) is 36.9. The number of likely N-dealkylation sites (tertiary alicyclic amines) is 1. The van der Waals surface area contributed by atoms with Crippen LogP contribution in [-0.2, 0) is 4.79 Å². The summed E-state index contributed by atoms with van der Waals surface area (Å²) in [6.45, 7) is 5.71. The van der Waals surface area contributed by atoms with Crippen LogP contribution in [-0.4, -0.2) is 78.0 Å². The molecule has 1 aromatic heterocycles. The van der Waals surface area contributed by atoms with E-state index in [9.17, 15) is 9.59 Å². The van der Waals surface area contributed by atoms with Gasteiger partial charge in [0.05, 0.1) is 23.1 Å².